The topological polar surface area (TPSA) is 93.6 Å². The van der Waals surface area contributed by atoms with Crippen molar-refractivity contribution in [2.45, 2.75) is 0 Å². The first-order valence-electron chi connectivity index (χ1n) is 8.95. The Hall–Kier alpha value is -3.97. The van der Waals surface area contributed by atoms with Gasteiger partial charge in [-0.1, -0.05) is 60.1 Å². The fraction of sp³-hybridized carbons (Fsp3) is 0. The van der Waals surface area contributed by atoms with Gasteiger partial charge < -0.3 is 5.11 Å². The summed E-state index contributed by atoms with van der Waals surface area (Å²) in [5, 5.41) is 26.1. The van der Waals surface area contributed by atoms with Crippen molar-refractivity contribution in [3.05, 3.63) is 99.7 Å². The van der Waals surface area contributed by atoms with Crippen molar-refractivity contribution in [2.24, 2.45) is 4.99 Å². The standard InChI is InChI=1S/C22H15ClN4O3/c23-22-18(14-24-19-13-17(27(29)30)11-12-20(19)28)21(15-7-3-1-4-8-15)25-26(22)16-9-5-2-6-10-16/h1-14,28H. The molecule has 0 fully saturated rings. The normalized spacial score (nSPS) is 11.1. The summed E-state index contributed by atoms with van der Waals surface area (Å²) in [6.45, 7) is 0. The molecule has 0 saturated heterocycles. The molecule has 148 valence electrons. The Balaban J connectivity index is 1.85. The number of nitro benzene ring substituents is 1. The molecule has 1 aromatic heterocycles. The minimum absolute atomic E-state index is 0.0618. The van der Waals surface area contributed by atoms with Crippen LogP contribution in [0.3, 0.4) is 0 Å². The highest BCUT2D eigenvalue weighted by Crippen LogP contribution is 2.33. The van der Waals surface area contributed by atoms with Gasteiger partial charge in [-0.25, -0.2) is 4.68 Å². The van der Waals surface area contributed by atoms with Gasteiger partial charge >= 0.3 is 0 Å². The highest BCUT2D eigenvalue weighted by molar-refractivity contribution is 6.33. The van der Waals surface area contributed by atoms with Crippen LogP contribution < -0.4 is 0 Å². The van der Waals surface area contributed by atoms with E-state index in [0.29, 0.717) is 16.4 Å². The van der Waals surface area contributed by atoms with Gasteiger partial charge in [0.1, 0.15) is 22.3 Å². The average molecular weight is 419 g/mol. The third-order valence-corrected chi connectivity index (χ3v) is 4.78. The van der Waals surface area contributed by atoms with Crippen molar-refractivity contribution in [3.8, 4) is 22.7 Å². The van der Waals surface area contributed by atoms with Gasteiger partial charge in [0.15, 0.2) is 0 Å². The lowest BCUT2D eigenvalue weighted by atomic mass is 10.1. The summed E-state index contributed by atoms with van der Waals surface area (Å²) in [6.07, 6.45) is 1.45. The Morgan fingerprint density at radius 3 is 2.37 bits per heavy atom. The molecule has 0 saturated carbocycles. The van der Waals surface area contributed by atoms with E-state index in [1.165, 1.54) is 24.4 Å². The Morgan fingerprint density at radius 1 is 1.03 bits per heavy atom. The SMILES string of the molecule is O=[N+]([O-])c1ccc(O)c(N=Cc2c(-c3ccccc3)nn(-c3ccccc3)c2Cl)c1. The molecule has 0 aliphatic carbocycles. The number of aromatic hydroxyl groups is 1. The van der Waals surface area contributed by atoms with Gasteiger partial charge in [0, 0.05) is 23.9 Å². The number of hydrogen-bond donors (Lipinski definition) is 1. The van der Waals surface area contributed by atoms with Crippen molar-refractivity contribution in [3.63, 3.8) is 0 Å². The van der Waals surface area contributed by atoms with Crippen molar-refractivity contribution in [2.75, 3.05) is 0 Å². The molecule has 0 aliphatic rings. The number of hydrogen-bond acceptors (Lipinski definition) is 5. The first kappa shape index (κ1) is 19.4. The molecule has 0 radical (unpaired) electrons. The molecule has 0 unspecified atom stereocenters. The van der Waals surface area contributed by atoms with Crippen LogP contribution in [0.2, 0.25) is 5.15 Å². The van der Waals surface area contributed by atoms with E-state index in [1.807, 2.05) is 60.7 Å². The van der Waals surface area contributed by atoms with E-state index in [1.54, 1.807) is 4.68 Å². The zero-order valence-electron chi connectivity index (χ0n) is 15.5. The van der Waals surface area contributed by atoms with Gasteiger partial charge in [-0.05, 0) is 18.2 Å². The molecule has 0 spiro atoms. The number of phenolic OH excluding ortho intramolecular Hbond substituents is 1. The molecule has 4 rings (SSSR count). The fourth-order valence-electron chi connectivity index (χ4n) is 2.94. The lowest BCUT2D eigenvalue weighted by molar-refractivity contribution is -0.384. The number of aliphatic imine (C=N–C) groups is 1. The number of benzene rings is 3. The van der Waals surface area contributed by atoms with Crippen molar-refractivity contribution in [1.82, 2.24) is 9.78 Å². The third kappa shape index (κ3) is 3.78. The molecule has 4 aromatic rings. The third-order valence-electron chi connectivity index (χ3n) is 4.41. The lowest BCUT2D eigenvalue weighted by Gasteiger charge is -2.02. The lowest BCUT2D eigenvalue weighted by Crippen LogP contribution is -1.96. The number of non-ortho nitro benzene ring substituents is 1. The number of para-hydroxylation sites is 1. The number of nitrogens with zero attached hydrogens (tertiary/aromatic N) is 4. The van der Waals surface area contributed by atoms with Gasteiger partial charge in [0.2, 0.25) is 0 Å². The molecule has 8 heteroatoms. The molecule has 0 aliphatic heterocycles. The minimum atomic E-state index is -0.547. The Bertz CT molecular complexity index is 1240. The second-order valence-corrected chi connectivity index (χ2v) is 6.71. The highest BCUT2D eigenvalue weighted by Gasteiger charge is 2.18. The van der Waals surface area contributed by atoms with Gasteiger partial charge in [-0.15, -0.1) is 0 Å². The van der Waals surface area contributed by atoms with E-state index >= 15 is 0 Å². The number of halogens is 1. The molecule has 1 heterocycles. The number of phenols is 1. The monoisotopic (exact) mass is 418 g/mol. The molecule has 0 amide bonds. The summed E-state index contributed by atoms with van der Waals surface area (Å²) in [5.41, 5.74) is 2.62. The van der Waals surface area contributed by atoms with Crippen LogP contribution in [0.5, 0.6) is 5.75 Å². The summed E-state index contributed by atoms with van der Waals surface area (Å²) < 4.78 is 1.60. The Morgan fingerprint density at radius 2 is 1.70 bits per heavy atom. The second-order valence-electron chi connectivity index (χ2n) is 6.35. The highest BCUT2D eigenvalue weighted by atomic mass is 35.5. The Kier molecular flexibility index (Phi) is 5.28. The predicted molar refractivity (Wildman–Crippen MR) is 116 cm³/mol. The first-order chi connectivity index (χ1) is 14.5. The van der Waals surface area contributed by atoms with Crippen LogP contribution in [-0.2, 0) is 0 Å². The largest absolute Gasteiger partial charge is 0.506 e. The molecule has 30 heavy (non-hydrogen) atoms. The molecular formula is C22H15ClN4O3. The van der Waals surface area contributed by atoms with E-state index < -0.39 is 4.92 Å². The maximum absolute atomic E-state index is 11.0. The van der Waals surface area contributed by atoms with Crippen LogP contribution in [0.15, 0.2) is 83.9 Å². The van der Waals surface area contributed by atoms with Gasteiger partial charge in [-0.3, -0.25) is 15.1 Å². The van der Waals surface area contributed by atoms with Crippen LogP contribution in [0.25, 0.3) is 16.9 Å². The molecule has 7 nitrogen and oxygen atoms in total. The van der Waals surface area contributed by atoms with Gasteiger partial charge in [0.05, 0.1) is 16.2 Å². The maximum atomic E-state index is 11.0. The van der Waals surface area contributed by atoms with E-state index in [0.717, 1.165) is 11.3 Å². The summed E-state index contributed by atoms with van der Waals surface area (Å²) in [5.74, 6) is -0.176. The number of aromatic nitrogens is 2. The second kappa shape index (κ2) is 8.18. The van der Waals surface area contributed by atoms with E-state index in [4.69, 9.17) is 11.6 Å². The molecule has 0 atom stereocenters. The van der Waals surface area contributed by atoms with Crippen LogP contribution in [-0.4, -0.2) is 26.0 Å². The van der Waals surface area contributed by atoms with E-state index in [-0.39, 0.29) is 17.1 Å². The zero-order valence-corrected chi connectivity index (χ0v) is 16.3. The quantitative estimate of drug-likeness (QED) is 0.261. The zero-order chi connectivity index (χ0) is 21.1. The molecule has 0 bridgehead atoms. The van der Waals surface area contributed by atoms with E-state index in [2.05, 4.69) is 10.1 Å². The maximum Gasteiger partial charge on any atom is 0.271 e. The minimum Gasteiger partial charge on any atom is -0.506 e. The van der Waals surface area contributed by atoms with Crippen LogP contribution >= 0.6 is 11.6 Å². The van der Waals surface area contributed by atoms with Gasteiger partial charge in [-0.2, -0.15) is 5.10 Å². The Labute approximate surface area is 176 Å². The summed E-state index contributed by atoms with van der Waals surface area (Å²) in [7, 11) is 0. The van der Waals surface area contributed by atoms with Crippen LogP contribution in [0.1, 0.15) is 5.56 Å². The molecular weight excluding hydrogens is 404 g/mol. The smallest absolute Gasteiger partial charge is 0.271 e. The van der Waals surface area contributed by atoms with Crippen LogP contribution in [0, 0.1) is 10.1 Å². The first-order valence-corrected chi connectivity index (χ1v) is 9.33. The number of nitro groups is 1. The predicted octanol–water partition coefficient (Wildman–Crippen LogP) is 5.56. The van der Waals surface area contributed by atoms with Crippen molar-refractivity contribution >= 4 is 29.2 Å². The fourth-order valence-corrected chi connectivity index (χ4v) is 3.21. The van der Waals surface area contributed by atoms with E-state index in [9.17, 15) is 15.2 Å². The van der Waals surface area contributed by atoms with Crippen molar-refractivity contribution in [1.29, 1.82) is 0 Å². The number of rotatable bonds is 5. The summed E-state index contributed by atoms with van der Waals surface area (Å²) >= 11 is 6.64. The van der Waals surface area contributed by atoms with Crippen molar-refractivity contribution < 1.29 is 10.0 Å². The van der Waals surface area contributed by atoms with Gasteiger partial charge in [0.25, 0.3) is 5.69 Å². The molecule has 3 aromatic carbocycles. The summed E-state index contributed by atoms with van der Waals surface area (Å²) in [6, 6.07) is 22.5. The summed E-state index contributed by atoms with van der Waals surface area (Å²) in [4.78, 5) is 14.7. The van der Waals surface area contributed by atoms with Crippen LogP contribution in [0.4, 0.5) is 11.4 Å². The molecule has 1 N–H and O–H groups in total. The average Bonchev–Trinajstić information content (AvgIpc) is 3.10.